The van der Waals surface area contributed by atoms with Gasteiger partial charge in [0.05, 0.1) is 12.1 Å². The molecule has 0 bridgehead atoms. The molecule has 0 atom stereocenters. The van der Waals surface area contributed by atoms with Gasteiger partial charge in [0, 0.05) is 12.4 Å². The summed E-state index contributed by atoms with van der Waals surface area (Å²) in [6, 6.07) is 8.12. The normalized spacial score (nSPS) is 9.87. The van der Waals surface area contributed by atoms with Crippen LogP contribution in [0.5, 0.6) is 0 Å². The molecule has 0 N–H and O–H groups in total. The molecule has 3 nitrogen and oxygen atoms in total. The van der Waals surface area contributed by atoms with Crippen molar-refractivity contribution in [3.8, 4) is 6.07 Å². The Morgan fingerprint density at radius 3 is 3.00 bits per heavy atom. The fraction of sp³-hybridized carbons (Fsp3) is 0.0909. The van der Waals surface area contributed by atoms with E-state index in [1.165, 1.54) is 12.1 Å². The van der Waals surface area contributed by atoms with Crippen molar-refractivity contribution in [2.45, 2.75) is 6.54 Å². The van der Waals surface area contributed by atoms with E-state index in [0.29, 0.717) is 6.54 Å². The fourth-order valence-electron chi connectivity index (χ4n) is 1.34. The molecule has 74 valence electrons. The van der Waals surface area contributed by atoms with Crippen LogP contribution < -0.4 is 0 Å². The number of rotatable bonds is 2. The van der Waals surface area contributed by atoms with Crippen molar-refractivity contribution in [3.05, 3.63) is 53.6 Å². The van der Waals surface area contributed by atoms with Crippen LogP contribution in [0.15, 0.2) is 36.7 Å². The topological polar surface area (TPSA) is 41.6 Å². The molecule has 2 aromatic rings. The van der Waals surface area contributed by atoms with Gasteiger partial charge in [-0.2, -0.15) is 10.4 Å². The molecule has 1 heterocycles. The van der Waals surface area contributed by atoms with E-state index in [1.54, 1.807) is 16.9 Å². The first-order valence-electron chi connectivity index (χ1n) is 4.45. The van der Waals surface area contributed by atoms with E-state index in [1.807, 2.05) is 18.3 Å². The standard InChI is InChI=1S/C11H8FN3/c12-11-3-2-9(6-10(11)7-13)8-15-5-1-4-14-15/h1-6H,8H2. The summed E-state index contributed by atoms with van der Waals surface area (Å²) >= 11 is 0. The molecule has 0 unspecified atom stereocenters. The molecule has 1 aromatic carbocycles. The van der Waals surface area contributed by atoms with Crippen molar-refractivity contribution in [2.24, 2.45) is 0 Å². The lowest BCUT2D eigenvalue weighted by atomic mass is 10.1. The van der Waals surface area contributed by atoms with Crippen molar-refractivity contribution in [3.63, 3.8) is 0 Å². The SMILES string of the molecule is N#Cc1cc(Cn2cccn2)ccc1F. The number of hydrogen-bond acceptors (Lipinski definition) is 2. The maximum Gasteiger partial charge on any atom is 0.140 e. The Morgan fingerprint density at radius 1 is 1.47 bits per heavy atom. The molecule has 1 aromatic heterocycles. The Bertz CT molecular complexity index is 497. The lowest BCUT2D eigenvalue weighted by Crippen LogP contribution is -2.00. The molecule has 15 heavy (non-hydrogen) atoms. The molecular weight excluding hydrogens is 193 g/mol. The Balaban J connectivity index is 2.27. The van der Waals surface area contributed by atoms with Gasteiger partial charge in [0.1, 0.15) is 11.9 Å². The third kappa shape index (κ3) is 2.02. The van der Waals surface area contributed by atoms with Crippen LogP contribution >= 0.6 is 0 Å². The Morgan fingerprint density at radius 2 is 2.33 bits per heavy atom. The van der Waals surface area contributed by atoms with Crippen LogP contribution in [0.1, 0.15) is 11.1 Å². The van der Waals surface area contributed by atoms with Gasteiger partial charge in [0.25, 0.3) is 0 Å². The maximum atomic E-state index is 13.0. The summed E-state index contributed by atoms with van der Waals surface area (Å²) in [6.07, 6.45) is 3.49. The summed E-state index contributed by atoms with van der Waals surface area (Å²) in [7, 11) is 0. The molecule has 4 heteroatoms. The average molecular weight is 201 g/mol. The van der Waals surface area contributed by atoms with Gasteiger partial charge in [-0.05, 0) is 23.8 Å². The summed E-state index contributed by atoms with van der Waals surface area (Å²) in [4.78, 5) is 0. The zero-order chi connectivity index (χ0) is 10.7. The zero-order valence-electron chi connectivity index (χ0n) is 7.89. The average Bonchev–Trinajstić information content (AvgIpc) is 2.73. The van der Waals surface area contributed by atoms with Gasteiger partial charge >= 0.3 is 0 Å². The molecule has 0 aliphatic heterocycles. The van der Waals surface area contributed by atoms with Crippen LogP contribution in [-0.2, 0) is 6.54 Å². The summed E-state index contributed by atoms with van der Waals surface area (Å²) in [5.74, 6) is -0.485. The first-order valence-corrected chi connectivity index (χ1v) is 4.45. The van der Waals surface area contributed by atoms with E-state index in [0.717, 1.165) is 5.56 Å². The van der Waals surface area contributed by atoms with Crippen molar-refractivity contribution in [1.29, 1.82) is 5.26 Å². The summed E-state index contributed by atoms with van der Waals surface area (Å²) in [6.45, 7) is 0.544. The van der Waals surface area contributed by atoms with Crippen LogP contribution in [0.3, 0.4) is 0 Å². The van der Waals surface area contributed by atoms with Crippen molar-refractivity contribution in [1.82, 2.24) is 9.78 Å². The van der Waals surface area contributed by atoms with E-state index in [9.17, 15) is 4.39 Å². The van der Waals surface area contributed by atoms with Crippen LogP contribution in [-0.4, -0.2) is 9.78 Å². The predicted octanol–water partition coefficient (Wildman–Crippen LogP) is 1.94. The van der Waals surface area contributed by atoms with Crippen LogP contribution in [0.4, 0.5) is 4.39 Å². The van der Waals surface area contributed by atoms with Gasteiger partial charge in [-0.15, -0.1) is 0 Å². The predicted molar refractivity (Wildman–Crippen MR) is 52.4 cm³/mol. The second kappa shape index (κ2) is 3.93. The molecule has 2 rings (SSSR count). The largest absolute Gasteiger partial charge is 0.268 e. The number of nitrogens with zero attached hydrogens (tertiary/aromatic N) is 3. The molecule has 0 saturated heterocycles. The lowest BCUT2D eigenvalue weighted by Gasteiger charge is -2.02. The first kappa shape index (κ1) is 9.41. The number of hydrogen-bond donors (Lipinski definition) is 0. The third-order valence-corrected chi connectivity index (χ3v) is 2.05. The van der Waals surface area contributed by atoms with Crippen LogP contribution in [0.25, 0.3) is 0 Å². The van der Waals surface area contributed by atoms with E-state index in [2.05, 4.69) is 5.10 Å². The quantitative estimate of drug-likeness (QED) is 0.745. The zero-order valence-corrected chi connectivity index (χ0v) is 7.89. The lowest BCUT2D eigenvalue weighted by molar-refractivity contribution is 0.620. The Labute approximate surface area is 86.4 Å². The number of nitriles is 1. The second-order valence-electron chi connectivity index (χ2n) is 3.13. The van der Waals surface area contributed by atoms with Gasteiger partial charge in [0.2, 0.25) is 0 Å². The second-order valence-corrected chi connectivity index (χ2v) is 3.13. The third-order valence-electron chi connectivity index (χ3n) is 2.05. The van der Waals surface area contributed by atoms with Crippen molar-refractivity contribution < 1.29 is 4.39 Å². The Hall–Kier alpha value is -2.15. The molecule has 0 fully saturated rings. The molecular formula is C11H8FN3. The molecule has 0 radical (unpaired) electrons. The van der Waals surface area contributed by atoms with Crippen molar-refractivity contribution in [2.75, 3.05) is 0 Å². The van der Waals surface area contributed by atoms with Crippen molar-refractivity contribution >= 4 is 0 Å². The van der Waals surface area contributed by atoms with E-state index in [4.69, 9.17) is 5.26 Å². The van der Waals surface area contributed by atoms with Gasteiger partial charge in [-0.1, -0.05) is 6.07 Å². The molecule has 0 spiro atoms. The number of benzene rings is 1. The monoisotopic (exact) mass is 201 g/mol. The highest BCUT2D eigenvalue weighted by atomic mass is 19.1. The molecule has 0 aliphatic carbocycles. The highest BCUT2D eigenvalue weighted by Crippen LogP contribution is 2.10. The summed E-state index contributed by atoms with van der Waals surface area (Å²) in [5.41, 5.74) is 0.927. The number of halogens is 1. The minimum atomic E-state index is -0.485. The number of aromatic nitrogens is 2. The van der Waals surface area contributed by atoms with Gasteiger partial charge in [-0.25, -0.2) is 4.39 Å². The molecule has 0 saturated carbocycles. The smallest absolute Gasteiger partial charge is 0.140 e. The van der Waals surface area contributed by atoms with Gasteiger partial charge in [-0.3, -0.25) is 4.68 Å². The Kier molecular flexibility index (Phi) is 2.46. The van der Waals surface area contributed by atoms with Crippen LogP contribution in [0.2, 0.25) is 0 Å². The summed E-state index contributed by atoms with van der Waals surface area (Å²) < 4.78 is 14.7. The van der Waals surface area contributed by atoms with Crippen LogP contribution in [0, 0.1) is 17.1 Å². The van der Waals surface area contributed by atoms with Gasteiger partial charge < -0.3 is 0 Å². The highest BCUT2D eigenvalue weighted by Gasteiger charge is 2.02. The van der Waals surface area contributed by atoms with E-state index in [-0.39, 0.29) is 5.56 Å². The maximum absolute atomic E-state index is 13.0. The highest BCUT2D eigenvalue weighted by molar-refractivity contribution is 5.34. The van der Waals surface area contributed by atoms with E-state index < -0.39 is 5.82 Å². The fourth-order valence-corrected chi connectivity index (χ4v) is 1.34. The first-order chi connectivity index (χ1) is 7.29. The molecule has 0 aliphatic rings. The van der Waals surface area contributed by atoms with Gasteiger partial charge in [0.15, 0.2) is 0 Å². The minimum absolute atomic E-state index is 0.0691. The minimum Gasteiger partial charge on any atom is -0.268 e. The summed E-state index contributed by atoms with van der Waals surface area (Å²) in [5, 5.41) is 12.7. The van der Waals surface area contributed by atoms with E-state index >= 15 is 0 Å². The molecule has 0 amide bonds.